The molecule has 0 saturated carbocycles. The minimum Gasteiger partial charge on any atom is -0.337 e. The lowest BCUT2D eigenvalue weighted by Crippen LogP contribution is -2.47. The van der Waals surface area contributed by atoms with Crippen molar-refractivity contribution >= 4 is 26.8 Å². The highest BCUT2D eigenvalue weighted by Crippen LogP contribution is 2.22. The van der Waals surface area contributed by atoms with Gasteiger partial charge in [0.05, 0.1) is 10.8 Å². The standard InChI is InChI=1S/C15H17N3O3S/c16-22(20,21)11-4-3-9-18(10-11)15(19)13-5-1-7-14-12(13)6-2-8-17-14/h1-2,5-8,11H,3-4,9-10H2,(H2,16,20,21). The monoisotopic (exact) mass is 319 g/mol. The van der Waals surface area contributed by atoms with E-state index in [1.54, 1.807) is 29.3 Å². The molecule has 1 saturated heterocycles. The molecule has 0 radical (unpaired) electrons. The summed E-state index contributed by atoms with van der Waals surface area (Å²) < 4.78 is 23.1. The maximum atomic E-state index is 12.7. The van der Waals surface area contributed by atoms with E-state index < -0.39 is 15.3 Å². The first-order chi connectivity index (χ1) is 10.5. The van der Waals surface area contributed by atoms with Gasteiger partial charge < -0.3 is 4.90 Å². The molecular formula is C15H17N3O3S. The molecule has 2 N–H and O–H groups in total. The zero-order chi connectivity index (χ0) is 15.7. The van der Waals surface area contributed by atoms with Gasteiger partial charge in [0.15, 0.2) is 0 Å². The van der Waals surface area contributed by atoms with Crippen molar-refractivity contribution < 1.29 is 13.2 Å². The number of carbonyl (C=O) groups is 1. The third-order valence-corrected chi connectivity index (χ3v) is 5.32. The van der Waals surface area contributed by atoms with E-state index in [-0.39, 0.29) is 12.5 Å². The second-order valence-corrected chi connectivity index (χ2v) is 7.32. The van der Waals surface area contributed by atoms with Crippen LogP contribution in [0.15, 0.2) is 36.5 Å². The lowest BCUT2D eigenvalue weighted by molar-refractivity contribution is 0.0729. The highest BCUT2D eigenvalue weighted by atomic mass is 32.2. The number of hydrogen-bond donors (Lipinski definition) is 1. The number of piperidine rings is 1. The fourth-order valence-electron chi connectivity index (χ4n) is 2.85. The number of nitrogens with two attached hydrogens (primary N) is 1. The van der Waals surface area contributed by atoms with E-state index in [1.165, 1.54) is 0 Å². The molecule has 0 spiro atoms. The van der Waals surface area contributed by atoms with Crippen molar-refractivity contribution in [2.75, 3.05) is 13.1 Å². The molecule has 1 aliphatic heterocycles. The maximum absolute atomic E-state index is 12.7. The van der Waals surface area contributed by atoms with Crippen molar-refractivity contribution in [3.63, 3.8) is 0 Å². The highest BCUT2D eigenvalue weighted by molar-refractivity contribution is 7.89. The van der Waals surface area contributed by atoms with Crippen molar-refractivity contribution in [2.24, 2.45) is 5.14 Å². The number of pyridine rings is 1. The Labute approximate surface area is 129 Å². The van der Waals surface area contributed by atoms with Crippen LogP contribution in [-0.4, -0.2) is 42.5 Å². The molecule has 116 valence electrons. The van der Waals surface area contributed by atoms with Gasteiger partial charge in [-0.2, -0.15) is 0 Å². The van der Waals surface area contributed by atoms with Crippen LogP contribution >= 0.6 is 0 Å². The van der Waals surface area contributed by atoms with Gasteiger partial charge in [-0.25, -0.2) is 13.6 Å². The summed E-state index contributed by atoms with van der Waals surface area (Å²) in [5, 5.41) is 5.31. The van der Waals surface area contributed by atoms with Gasteiger partial charge in [-0.15, -0.1) is 0 Å². The number of aromatic nitrogens is 1. The second kappa shape index (κ2) is 5.66. The number of carbonyl (C=O) groups excluding carboxylic acids is 1. The van der Waals surface area contributed by atoms with E-state index in [0.29, 0.717) is 24.9 Å². The van der Waals surface area contributed by atoms with Crippen molar-refractivity contribution in [3.05, 3.63) is 42.1 Å². The number of rotatable bonds is 2. The van der Waals surface area contributed by atoms with E-state index >= 15 is 0 Å². The quantitative estimate of drug-likeness (QED) is 0.898. The molecule has 6 nitrogen and oxygen atoms in total. The Balaban J connectivity index is 1.93. The van der Waals surface area contributed by atoms with Crippen LogP contribution < -0.4 is 5.14 Å². The molecule has 2 heterocycles. The molecule has 1 aromatic heterocycles. The summed E-state index contributed by atoms with van der Waals surface area (Å²) in [5.74, 6) is -0.174. The van der Waals surface area contributed by atoms with Crippen molar-refractivity contribution in [1.29, 1.82) is 0 Å². The summed E-state index contributed by atoms with van der Waals surface area (Å²) in [4.78, 5) is 18.6. The number of fused-ring (bicyclic) bond motifs is 1. The predicted octanol–water partition coefficient (Wildman–Crippen LogP) is 1.13. The Morgan fingerprint density at radius 1 is 1.27 bits per heavy atom. The summed E-state index contributed by atoms with van der Waals surface area (Å²) in [6.07, 6.45) is 2.81. The van der Waals surface area contributed by atoms with E-state index in [4.69, 9.17) is 5.14 Å². The summed E-state index contributed by atoms with van der Waals surface area (Å²) in [6.45, 7) is 0.690. The van der Waals surface area contributed by atoms with Gasteiger partial charge in [0.2, 0.25) is 10.0 Å². The topological polar surface area (TPSA) is 93.4 Å². The smallest absolute Gasteiger partial charge is 0.254 e. The SMILES string of the molecule is NS(=O)(=O)C1CCCN(C(=O)c2cccc3ncccc23)C1. The largest absolute Gasteiger partial charge is 0.337 e. The van der Waals surface area contributed by atoms with E-state index in [9.17, 15) is 13.2 Å². The molecule has 1 unspecified atom stereocenters. The summed E-state index contributed by atoms with van der Waals surface area (Å²) in [5.41, 5.74) is 1.29. The Morgan fingerprint density at radius 2 is 2.09 bits per heavy atom. The molecule has 7 heteroatoms. The first-order valence-corrected chi connectivity index (χ1v) is 8.72. The summed E-state index contributed by atoms with van der Waals surface area (Å²) >= 11 is 0. The fraction of sp³-hybridized carbons (Fsp3) is 0.333. The summed E-state index contributed by atoms with van der Waals surface area (Å²) in [7, 11) is -3.62. The molecule has 1 aliphatic rings. The van der Waals surface area contributed by atoms with Crippen LogP contribution in [0.2, 0.25) is 0 Å². The molecule has 1 atom stereocenters. The lowest BCUT2D eigenvalue weighted by atomic mass is 10.0. The number of hydrogen-bond acceptors (Lipinski definition) is 4. The minimum absolute atomic E-state index is 0.147. The molecule has 0 bridgehead atoms. The third kappa shape index (κ3) is 2.82. The Bertz CT molecular complexity index is 814. The molecule has 1 amide bonds. The first kappa shape index (κ1) is 14.9. The van der Waals surface area contributed by atoms with Gasteiger partial charge in [0.1, 0.15) is 0 Å². The fourth-order valence-corrected chi connectivity index (χ4v) is 3.73. The zero-order valence-corrected chi connectivity index (χ0v) is 12.8. The Kier molecular flexibility index (Phi) is 3.84. The molecule has 1 aromatic carbocycles. The Hall–Kier alpha value is -1.99. The number of amides is 1. The number of primary sulfonamides is 1. The van der Waals surface area contributed by atoms with Gasteiger partial charge in [-0.1, -0.05) is 12.1 Å². The van der Waals surface area contributed by atoms with Crippen LogP contribution in [0.1, 0.15) is 23.2 Å². The second-order valence-electron chi connectivity index (χ2n) is 5.48. The normalized spacial score (nSPS) is 19.3. The van der Waals surface area contributed by atoms with Gasteiger partial charge in [-0.3, -0.25) is 9.78 Å². The number of nitrogens with zero attached hydrogens (tertiary/aromatic N) is 2. The van der Waals surface area contributed by atoms with E-state index in [0.717, 1.165) is 10.9 Å². The highest BCUT2D eigenvalue weighted by Gasteiger charge is 2.31. The summed E-state index contributed by atoms with van der Waals surface area (Å²) in [6, 6.07) is 8.99. The minimum atomic E-state index is -3.62. The number of benzene rings is 1. The van der Waals surface area contributed by atoms with E-state index in [2.05, 4.69) is 4.98 Å². The maximum Gasteiger partial charge on any atom is 0.254 e. The van der Waals surface area contributed by atoms with Gasteiger partial charge in [0.25, 0.3) is 5.91 Å². The molecule has 22 heavy (non-hydrogen) atoms. The average molecular weight is 319 g/mol. The van der Waals surface area contributed by atoms with Gasteiger partial charge in [-0.05, 0) is 31.0 Å². The van der Waals surface area contributed by atoms with E-state index in [1.807, 2.05) is 12.1 Å². The van der Waals surface area contributed by atoms with Crippen LogP contribution in [0.4, 0.5) is 0 Å². The average Bonchev–Trinajstić information content (AvgIpc) is 2.53. The number of sulfonamides is 1. The lowest BCUT2D eigenvalue weighted by Gasteiger charge is -2.31. The number of likely N-dealkylation sites (tertiary alicyclic amines) is 1. The van der Waals surface area contributed by atoms with Crippen molar-refractivity contribution in [3.8, 4) is 0 Å². The molecule has 2 aromatic rings. The molecular weight excluding hydrogens is 302 g/mol. The van der Waals surface area contributed by atoms with Crippen LogP contribution in [-0.2, 0) is 10.0 Å². The van der Waals surface area contributed by atoms with Crippen LogP contribution in [0, 0.1) is 0 Å². The zero-order valence-electron chi connectivity index (χ0n) is 12.0. The van der Waals surface area contributed by atoms with Crippen molar-refractivity contribution in [2.45, 2.75) is 18.1 Å². The van der Waals surface area contributed by atoms with Crippen LogP contribution in [0.25, 0.3) is 10.9 Å². The molecule has 3 rings (SSSR count). The molecule has 1 fully saturated rings. The van der Waals surface area contributed by atoms with Gasteiger partial charge in [0, 0.05) is 30.2 Å². The Morgan fingerprint density at radius 3 is 2.86 bits per heavy atom. The van der Waals surface area contributed by atoms with Crippen molar-refractivity contribution in [1.82, 2.24) is 9.88 Å². The van der Waals surface area contributed by atoms with Crippen LogP contribution in [0.3, 0.4) is 0 Å². The predicted molar refractivity (Wildman–Crippen MR) is 83.8 cm³/mol. The molecule has 0 aliphatic carbocycles. The first-order valence-electron chi connectivity index (χ1n) is 7.11. The van der Waals surface area contributed by atoms with Gasteiger partial charge >= 0.3 is 0 Å². The third-order valence-electron chi connectivity index (χ3n) is 4.01. The van der Waals surface area contributed by atoms with Crippen LogP contribution in [0.5, 0.6) is 0 Å².